The van der Waals surface area contributed by atoms with E-state index in [2.05, 4.69) is 50.3 Å². The van der Waals surface area contributed by atoms with Gasteiger partial charge in [-0.25, -0.2) is 0 Å². The molecule has 5 amide bonds. The highest BCUT2D eigenvalue weighted by atomic mass is 16.3. The number of hydrogen-bond acceptors (Lipinski definition) is 12. The molecule has 0 saturated carbocycles. The number of benzene rings is 4. The van der Waals surface area contributed by atoms with Gasteiger partial charge in [-0.3, -0.25) is 43.2 Å². The third-order valence-corrected chi connectivity index (χ3v) is 19.2. The Bertz CT molecular complexity index is 3180. The zero-order valence-electron chi connectivity index (χ0n) is 52.6. The molecule has 4 aliphatic rings. The van der Waals surface area contributed by atoms with Gasteiger partial charge >= 0.3 is 0 Å². The molecule has 10 atom stereocenters. The van der Waals surface area contributed by atoms with Crippen molar-refractivity contribution in [2.45, 2.75) is 183 Å². The van der Waals surface area contributed by atoms with Crippen molar-refractivity contribution in [1.82, 2.24) is 36.4 Å². The number of hydrogen-bond donors (Lipinski definition) is 6. The predicted octanol–water partition coefficient (Wildman–Crippen LogP) is 7.03. The molecule has 8 rings (SSSR count). The Morgan fingerprint density at radius 3 is 1.74 bits per heavy atom. The van der Waals surface area contributed by atoms with Crippen LogP contribution in [0.3, 0.4) is 0 Å². The van der Waals surface area contributed by atoms with Crippen molar-refractivity contribution < 1.29 is 48.3 Å². The van der Waals surface area contributed by atoms with Crippen LogP contribution in [0.1, 0.15) is 158 Å². The van der Waals surface area contributed by atoms with Crippen LogP contribution in [0, 0.1) is 41.4 Å². The number of fused-ring (bicyclic) bond motifs is 2. The Labute approximate surface area is 530 Å². The van der Waals surface area contributed by atoms with Gasteiger partial charge in [0.15, 0.2) is 17.3 Å². The van der Waals surface area contributed by atoms with Gasteiger partial charge in [-0.15, -0.1) is 0 Å². The Balaban J connectivity index is 0.857. The van der Waals surface area contributed by atoms with Gasteiger partial charge in [0.05, 0.1) is 24.0 Å². The summed E-state index contributed by atoms with van der Waals surface area (Å²) in [5.41, 5.74) is 1.41. The molecule has 17 nitrogen and oxygen atoms in total. The first-order valence-corrected chi connectivity index (χ1v) is 32.5. The van der Waals surface area contributed by atoms with E-state index in [1.54, 1.807) is 72.4 Å². The Kier molecular flexibility index (Phi) is 25.0. The molecule has 0 aliphatic carbocycles. The molecule has 4 aromatic rings. The number of carbonyl (C=O) groups is 9. The maximum Gasteiger partial charge on any atom is 0.246 e. The minimum atomic E-state index is -1.67. The Morgan fingerprint density at radius 2 is 1.18 bits per heavy atom. The van der Waals surface area contributed by atoms with E-state index in [-0.39, 0.29) is 135 Å². The van der Waals surface area contributed by atoms with Crippen LogP contribution in [0.15, 0.2) is 121 Å². The van der Waals surface area contributed by atoms with Crippen LogP contribution >= 0.6 is 0 Å². The molecule has 476 valence electrons. The summed E-state index contributed by atoms with van der Waals surface area (Å²) in [5, 5.41) is 25.6. The highest BCUT2D eigenvalue weighted by molar-refractivity contribution is 6.00. The van der Waals surface area contributed by atoms with Gasteiger partial charge in [-0.05, 0) is 143 Å². The lowest BCUT2D eigenvalue weighted by atomic mass is 9.77. The first-order valence-electron chi connectivity index (χ1n) is 32.5. The zero-order chi connectivity index (χ0) is 64.2. The minimum absolute atomic E-state index is 0.0227. The summed E-state index contributed by atoms with van der Waals surface area (Å²) in [6.45, 7) is 3.66. The van der Waals surface area contributed by atoms with Crippen LogP contribution in [0.2, 0.25) is 0 Å². The topological polar surface area (TPSA) is 240 Å². The summed E-state index contributed by atoms with van der Waals surface area (Å²) >= 11 is 0. The van der Waals surface area contributed by atoms with Gasteiger partial charge in [-0.1, -0.05) is 141 Å². The van der Waals surface area contributed by atoms with E-state index in [1.807, 2.05) is 86.6 Å². The van der Waals surface area contributed by atoms with E-state index in [0.717, 1.165) is 11.1 Å². The van der Waals surface area contributed by atoms with Gasteiger partial charge in [0, 0.05) is 69.7 Å². The fourth-order valence-corrected chi connectivity index (χ4v) is 14.2. The average Bonchev–Trinajstić information content (AvgIpc) is 1.23. The summed E-state index contributed by atoms with van der Waals surface area (Å²) in [5.74, 6) is 6.30. The second-order valence-electron chi connectivity index (χ2n) is 24.5. The highest BCUT2D eigenvalue weighted by Gasteiger charge is 2.52. The van der Waals surface area contributed by atoms with Crippen molar-refractivity contribution in [2.75, 3.05) is 27.2 Å². The average molecular weight is 1220 g/mol. The monoisotopic (exact) mass is 1220 g/mol. The first-order chi connectivity index (χ1) is 43.7. The van der Waals surface area contributed by atoms with E-state index in [9.17, 15) is 48.3 Å². The fourth-order valence-electron chi connectivity index (χ4n) is 14.2. The number of rotatable bonds is 29. The number of amides is 5. The van der Waals surface area contributed by atoms with Crippen LogP contribution in [0.4, 0.5) is 0 Å². The highest BCUT2D eigenvalue weighted by Crippen LogP contribution is 2.41. The van der Waals surface area contributed by atoms with Crippen LogP contribution < -0.4 is 26.6 Å². The van der Waals surface area contributed by atoms with E-state index in [0.29, 0.717) is 75.3 Å². The Morgan fingerprint density at radius 1 is 0.633 bits per heavy atom. The van der Waals surface area contributed by atoms with Crippen LogP contribution in [0.5, 0.6) is 0 Å². The van der Waals surface area contributed by atoms with E-state index < -0.39 is 53.5 Å². The summed E-state index contributed by atoms with van der Waals surface area (Å²) in [4.78, 5) is 131. The SMILES string of the molecule is CC[C@H](NC)C(=O)C[C@@H]1C(=O)N2[C@@H](CC[C@@H]1CO)CC[C@H]2C(=O)NC(C(=O)CCCNC(=O)CCC#CC#CC(=O)CC[C@H]1CC[C@H]2CC[C@@H](C(=O)CC(c3ccccc3)c3ccccc3)N2C(=O)[C@H]1NC(=O)[C@H](CC)NC)(c1ccccc1)c1ccccc1. The molecule has 17 heteroatoms. The number of aliphatic hydroxyl groups is 1. The molecule has 4 aliphatic heterocycles. The first kappa shape index (κ1) is 67.8. The van der Waals surface area contributed by atoms with E-state index >= 15 is 0 Å². The van der Waals surface area contributed by atoms with Crippen molar-refractivity contribution in [2.24, 2.45) is 17.8 Å². The number of nitrogens with one attached hydrogen (secondary N) is 5. The van der Waals surface area contributed by atoms with Gasteiger partial charge in [-0.2, -0.15) is 0 Å². The van der Waals surface area contributed by atoms with Gasteiger partial charge in [0.2, 0.25) is 35.3 Å². The molecule has 4 heterocycles. The maximum absolute atomic E-state index is 15.0. The van der Waals surface area contributed by atoms with Crippen LogP contribution in [-0.2, 0) is 48.7 Å². The molecule has 6 N–H and O–H groups in total. The number of ketones is 4. The molecule has 4 saturated heterocycles. The smallest absolute Gasteiger partial charge is 0.246 e. The van der Waals surface area contributed by atoms with Gasteiger partial charge < -0.3 is 41.5 Å². The molecule has 0 bridgehead atoms. The summed E-state index contributed by atoms with van der Waals surface area (Å²) < 4.78 is 0. The maximum atomic E-state index is 15.0. The fraction of sp³-hybridized carbons (Fsp3) is 0.493. The lowest BCUT2D eigenvalue weighted by Crippen LogP contribution is -2.58. The van der Waals surface area contributed by atoms with Crippen molar-refractivity contribution in [3.05, 3.63) is 144 Å². The zero-order valence-corrected chi connectivity index (χ0v) is 52.6. The molecule has 0 radical (unpaired) electrons. The molecular formula is C73H89N7O10. The van der Waals surface area contributed by atoms with E-state index in [4.69, 9.17) is 0 Å². The van der Waals surface area contributed by atoms with Gasteiger partial charge in [0.1, 0.15) is 17.6 Å². The largest absolute Gasteiger partial charge is 0.396 e. The number of nitrogens with zero attached hydrogens (tertiary/aromatic N) is 2. The van der Waals surface area contributed by atoms with Gasteiger partial charge in [0.25, 0.3) is 0 Å². The number of carbonyl (C=O) groups excluding carboxylic acids is 9. The molecule has 4 aromatic carbocycles. The lowest BCUT2D eigenvalue weighted by Gasteiger charge is -2.38. The molecule has 4 fully saturated rings. The predicted molar refractivity (Wildman–Crippen MR) is 344 cm³/mol. The minimum Gasteiger partial charge on any atom is -0.396 e. The molecular weight excluding hydrogens is 1130 g/mol. The Hall–Kier alpha value is -8.09. The number of aliphatic hydroxyl groups excluding tert-OH is 1. The van der Waals surface area contributed by atoms with Crippen molar-refractivity contribution >= 4 is 52.7 Å². The van der Waals surface area contributed by atoms with Crippen molar-refractivity contribution in [1.29, 1.82) is 0 Å². The lowest BCUT2D eigenvalue weighted by molar-refractivity contribution is -0.146. The summed E-state index contributed by atoms with van der Waals surface area (Å²) in [7, 11) is 3.39. The van der Waals surface area contributed by atoms with Crippen molar-refractivity contribution in [3.8, 4) is 23.7 Å². The molecule has 0 unspecified atom stereocenters. The number of likely N-dealkylation sites (N-methyl/N-ethyl adjacent to an activating group) is 2. The molecule has 0 spiro atoms. The number of Topliss-reactive ketones (excluding diaryl/α,β-unsaturated/α-hetero) is 4. The quantitative estimate of drug-likeness (QED) is 0.0183. The second kappa shape index (κ2) is 33.1. The normalized spacial score (nSPS) is 22.0. The summed E-state index contributed by atoms with van der Waals surface area (Å²) in [6, 6.07) is 33.8. The van der Waals surface area contributed by atoms with E-state index in [1.165, 1.54) is 0 Å². The molecule has 90 heavy (non-hydrogen) atoms. The third kappa shape index (κ3) is 16.5. The third-order valence-electron chi connectivity index (χ3n) is 19.2. The standard InChI is InChI=1S/C73H89N7O10/c1-5-60(74-3)64(83)47-59-52(48-81)36-39-56-41-44-63(80(56)71(59)89)70(88)78-73(53-28-17-11-18-29-53,54-30-19-12-20-31-54)66(85)33-23-45-76-67(86)34-22-8-7-21-32-57(82)42-37-51-35-38-55-40-43-62(79(55)72(90)68(51)77-69(87)61(6-2)75-4)65(84)46-58(49-24-13-9-14-25-49)50-26-15-10-16-27-50/h9-20,24-31,51-52,55-56,58-63,68,74-75,81H,5-6,22-23,33-48H2,1-4H3,(H,76,86)(H,77,87)(H,78,88)/t51-,52-,55+,56+,59+,60+,61+,62+,63+,68+/m1/s1. The van der Waals surface area contributed by atoms with Crippen LogP contribution in [0.25, 0.3) is 0 Å². The van der Waals surface area contributed by atoms with Crippen molar-refractivity contribution in [3.63, 3.8) is 0 Å². The second-order valence-corrected chi connectivity index (χ2v) is 24.5. The summed E-state index contributed by atoms with van der Waals surface area (Å²) in [6.07, 6.45) is 6.29. The molecule has 0 aromatic heterocycles. The van der Waals surface area contributed by atoms with Crippen LogP contribution in [-0.4, -0.2) is 137 Å².